The smallest absolute Gasteiger partial charge is 0.224 e. The summed E-state index contributed by atoms with van der Waals surface area (Å²) in [6, 6.07) is 0. The van der Waals surface area contributed by atoms with Gasteiger partial charge in [-0.25, -0.2) is 12.7 Å². The molecule has 7 heteroatoms. The second-order valence-corrected chi connectivity index (χ2v) is 6.68. The Kier molecular flexibility index (Phi) is 6.04. The van der Waals surface area contributed by atoms with E-state index in [9.17, 15) is 13.2 Å². The molecule has 1 fully saturated rings. The van der Waals surface area contributed by atoms with Crippen molar-refractivity contribution in [1.82, 2.24) is 9.62 Å². The van der Waals surface area contributed by atoms with Crippen LogP contribution in [0.5, 0.6) is 0 Å². The van der Waals surface area contributed by atoms with Crippen LogP contribution in [0.4, 0.5) is 0 Å². The molecule has 1 heterocycles. The molecular weight excluding hydrogens is 254 g/mol. The highest BCUT2D eigenvalue weighted by Crippen LogP contribution is 2.19. The molecule has 1 amide bonds. The summed E-state index contributed by atoms with van der Waals surface area (Å²) in [5.41, 5.74) is 5.32. The average Bonchev–Trinajstić information content (AvgIpc) is 2.36. The van der Waals surface area contributed by atoms with Crippen molar-refractivity contribution in [1.29, 1.82) is 0 Å². The molecule has 0 aromatic rings. The van der Waals surface area contributed by atoms with Crippen molar-refractivity contribution >= 4 is 15.9 Å². The van der Waals surface area contributed by atoms with Gasteiger partial charge in [0.25, 0.3) is 0 Å². The highest BCUT2D eigenvalue weighted by Gasteiger charge is 2.31. The van der Waals surface area contributed by atoms with Crippen LogP contribution in [0.25, 0.3) is 0 Å². The van der Waals surface area contributed by atoms with E-state index in [1.165, 1.54) is 4.31 Å². The van der Waals surface area contributed by atoms with E-state index in [4.69, 9.17) is 5.73 Å². The van der Waals surface area contributed by atoms with E-state index in [0.29, 0.717) is 32.6 Å². The molecule has 1 unspecified atom stereocenters. The van der Waals surface area contributed by atoms with Gasteiger partial charge in [0, 0.05) is 26.2 Å². The maximum absolute atomic E-state index is 11.9. The van der Waals surface area contributed by atoms with Gasteiger partial charge in [-0.15, -0.1) is 0 Å². The van der Waals surface area contributed by atoms with Gasteiger partial charge in [0.1, 0.15) is 0 Å². The van der Waals surface area contributed by atoms with Crippen molar-refractivity contribution in [2.75, 3.05) is 31.9 Å². The number of nitrogens with one attached hydrogen (secondary N) is 1. The summed E-state index contributed by atoms with van der Waals surface area (Å²) in [6.07, 6.45) is 2.08. The Morgan fingerprint density at radius 1 is 1.50 bits per heavy atom. The predicted molar refractivity (Wildman–Crippen MR) is 70.4 cm³/mol. The molecule has 0 bridgehead atoms. The van der Waals surface area contributed by atoms with Crippen molar-refractivity contribution in [3.63, 3.8) is 0 Å². The number of carbonyl (C=O) groups is 1. The summed E-state index contributed by atoms with van der Waals surface area (Å²) in [5, 5.41) is 2.72. The van der Waals surface area contributed by atoms with Crippen LogP contribution in [0.15, 0.2) is 0 Å². The first kappa shape index (κ1) is 15.4. The molecule has 1 atom stereocenters. The predicted octanol–water partition coefficient (Wildman–Crippen LogP) is -0.487. The number of amides is 1. The fourth-order valence-electron chi connectivity index (χ4n) is 2.14. The third kappa shape index (κ3) is 4.22. The number of carbonyl (C=O) groups excluding carboxylic acids is 1. The molecule has 1 aliphatic rings. The highest BCUT2D eigenvalue weighted by atomic mass is 32.2. The van der Waals surface area contributed by atoms with E-state index < -0.39 is 10.0 Å². The lowest BCUT2D eigenvalue weighted by atomic mass is 9.99. The lowest BCUT2D eigenvalue weighted by molar-refractivity contribution is -0.126. The van der Waals surface area contributed by atoms with E-state index in [1.54, 1.807) is 0 Å². The Hall–Kier alpha value is -0.660. The van der Waals surface area contributed by atoms with E-state index in [0.717, 1.165) is 12.8 Å². The van der Waals surface area contributed by atoms with Crippen molar-refractivity contribution in [2.24, 2.45) is 11.7 Å². The molecule has 1 aliphatic heterocycles. The van der Waals surface area contributed by atoms with Crippen LogP contribution in [-0.2, 0) is 14.8 Å². The zero-order valence-corrected chi connectivity index (χ0v) is 11.7. The molecule has 0 saturated carbocycles. The van der Waals surface area contributed by atoms with Gasteiger partial charge in [-0.05, 0) is 19.3 Å². The number of nitrogens with zero attached hydrogens (tertiary/aromatic N) is 1. The topological polar surface area (TPSA) is 92.5 Å². The second-order valence-electron chi connectivity index (χ2n) is 4.59. The largest absolute Gasteiger partial charge is 0.355 e. The molecule has 3 N–H and O–H groups in total. The fraction of sp³-hybridized carbons (Fsp3) is 0.909. The van der Waals surface area contributed by atoms with Crippen LogP contribution in [0.2, 0.25) is 0 Å². The molecule has 0 aromatic carbocycles. The molecule has 106 valence electrons. The number of piperidine rings is 1. The molecule has 6 nitrogen and oxygen atoms in total. The maximum Gasteiger partial charge on any atom is 0.224 e. The van der Waals surface area contributed by atoms with Crippen molar-refractivity contribution < 1.29 is 13.2 Å². The minimum atomic E-state index is -3.19. The number of sulfonamides is 1. The van der Waals surface area contributed by atoms with Gasteiger partial charge >= 0.3 is 0 Å². The molecule has 0 radical (unpaired) electrons. The normalized spacial score (nSPS) is 21.8. The van der Waals surface area contributed by atoms with Gasteiger partial charge in [-0.1, -0.05) is 6.92 Å². The number of hydrogen-bond acceptors (Lipinski definition) is 4. The minimum Gasteiger partial charge on any atom is -0.355 e. The zero-order chi connectivity index (χ0) is 13.6. The van der Waals surface area contributed by atoms with Gasteiger partial charge < -0.3 is 11.1 Å². The molecule has 0 aliphatic carbocycles. The first-order valence-corrected chi connectivity index (χ1v) is 8.07. The lowest BCUT2D eigenvalue weighted by Crippen LogP contribution is -2.46. The summed E-state index contributed by atoms with van der Waals surface area (Å²) in [4.78, 5) is 11.8. The van der Waals surface area contributed by atoms with Crippen molar-refractivity contribution in [3.05, 3.63) is 0 Å². The van der Waals surface area contributed by atoms with Gasteiger partial charge in [0.15, 0.2) is 0 Å². The highest BCUT2D eigenvalue weighted by molar-refractivity contribution is 7.89. The lowest BCUT2D eigenvalue weighted by Gasteiger charge is -2.31. The fourth-order valence-corrected chi connectivity index (χ4v) is 3.72. The zero-order valence-electron chi connectivity index (χ0n) is 10.9. The van der Waals surface area contributed by atoms with Crippen LogP contribution in [0.3, 0.4) is 0 Å². The minimum absolute atomic E-state index is 0.0863. The molecular formula is C11H23N3O3S. The number of rotatable bonds is 6. The molecule has 1 saturated heterocycles. The Labute approximate surface area is 109 Å². The van der Waals surface area contributed by atoms with Gasteiger partial charge in [-0.3, -0.25) is 4.79 Å². The summed E-state index contributed by atoms with van der Waals surface area (Å²) >= 11 is 0. The average molecular weight is 277 g/mol. The monoisotopic (exact) mass is 277 g/mol. The first-order chi connectivity index (χ1) is 8.51. The SMILES string of the molecule is CCCS(=O)(=O)N1CCCC(C(=O)NCCN)C1. The third-order valence-corrected chi connectivity index (χ3v) is 5.10. The molecule has 18 heavy (non-hydrogen) atoms. The van der Waals surface area contributed by atoms with Crippen LogP contribution in [-0.4, -0.2) is 50.6 Å². The van der Waals surface area contributed by atoms with E-state index in [-0.39, 0.29) is 17.6 Å². The first-order valence-electron chi connectivity index (χ1n) is 6.47. The second kappa shape index (κ2) is 7.06. The van der Waals surface area contributed by atoms with Gasteiger partial charge in [0.05, 0.1) is 11.7 Å². The van der Waals surface area contributed by atoms with Gasteiger partial charge in [-0.2, -0.15) is 0 Å². The maximum atomic E-state index is 11.9. The molecule has 1 rings (SSSR count). The summed E-state index contributed by atoms with van der Waals surface area (Å²) in [6.45, 7) is 3.52. The van der Waals surface area contributed by atoms with Crippen molar-refractivity contribution in [3.8, 4) is 0 Å². The van der Waals surface area contributed by atoms with Gasteiger partial charge in [0.2, 0.25) is 15.9 Å². The van der Waals surface area contributed by atoms with Crippen LogP contribution >= 0.6 is 0 Å². The summed E-state index contributed by atoms with van der Waals surface area (Å²) < 4.78 is 25.3. The Bertz CT molecular complexity index is 370. The molecule has 0 aromatic heterocycles. The van der Waals surface area contributed by atoms with E-state index in [2.05, 4.69) is 5.32 Å². The Morgan fingerprint density at radius 2 is 2.22 bits per heavy atom. The Morgan fingerprint density at radius 3 is 2.83 bits per heavy atom. The quantitative estimate of drug-likeness (QED) is 0.685. The standard InChI is InChI=1S/C11H23N3O3S/c1-2-8-18(16,17)14-7-3-4-10(9-14)11(15)13-6-5-12/h10H,2-9,12H2,1H3,(H,13,15). The number of hydrogen-bond donors (Lipinski definition) is 2. The van der Waals surface area contributed by atoms with Crippen LogP contribution in [0, 0.1) is 5.92 Å². The van der Waals surface area contributed by atoms with Crippen LogP contribution in [0.1, 0.15) is 26.2 Å². The van der Waals surface area contributed by atoms with E-state index >= 15 is 0 Å². The summed E-state index contributed by atoms with van der Waals surface area (Å²) in [5.74, 6) is -0.168. The summed E-state index contributed by atoms with van der Waals surface area (Å²) in [7, 11) is -3.19. The van der Waals surface area contributed by atoms with E-state index in [1.807, 2.05) is 6.92 Å². The molecule has 0 spiro atoms. The van der Waals surface area contributed by atoms with Crippen molar-refractivity contribution in [2.45, 2.75) is 26.2 Å². The third-order valence-electron chi connectivity index (χ3n) is 3.05. The Balaban J connectivity index is 2.58. The number of nitrogens with two attached hydrogens (primary N) is 1. The van der Waals surface area contributed by atoms with Crippen LogP contribution < -0.4 is 11.1 Å².